The van der Waals surface area contributed by atoms with Gasteiger partial charge in [-0.2, -0.15) is 0 Å². The summed E-state index contributed by atoms with van der Waals surface area (Å²) in [5, 5.41) is 28.2. The van der Waals surface area contributed by atoms with Crippen LogP contribution in [-0.4, -0.2) is 34.0 Å². The van der Waals surface area contributed by atoms with E-state index in [-0.39, 0.29) is 6.61 Å². The zero-order valence-corrected chi connectivity index (χ0v) is 15.9. The molecule has 1 rings (SSSR count). The number of carboxylic acid groups (broad SMARTS) is 1. The van der Waals surface area contributed by atoms with Gasteiger partial charge in [0.05, 0.1) is 11.0 Å². The second-order valence-corrected chi connectivity index (χ2v) is 7.74. The molecular weight excluding hydrogens is 336 g/mol. The number of carboxylic acids is 1. The minimum atomic E-state index is -0.903. The van der Waals surface area contributed by atoms with E-state index in [0.717, 1.165) is 11.3 Å². The first-order chi connectivity index (χ1) is 11.9. The van der Waals surface area contributed by atoms with E-state index in [0.29, 0.717) is 42.4 Å². The van der Waals surface area contributed by atoms with Crippen LogP contribution in [0.5, 0.6) is 0 Å². The summed E-state index contributed by atoms with van der Waals surface area (Å²) in [6.45, 7) is 4.36. The highest BCUT2D eigenvalue weighted by Gasteiger charge is 2.17. The Morgan fingerprint density at radius 2 is 1.84 bits per heavy atom. The summed E-state index contributed by atoms with van der Waals surface area (Å²) in [6.07, 6.45) is 4.87. The molecule has 0 amide bonds. The third-order valence-corrected chi connectivity index (χ3v) is 5.37. The Kier molecular flexibility index (Phi) is 10.5. The van der Waals surface area contributed by atoms with Gasteiger partial charge in [-0.15, -0.1) is 0 Å². The fourth-order valence-corrected chi connectivity index (χ4v) is 3.46. The Hall–Kier alpha value is -1.30. The fraction of sp³-hybridized carbons (Fsp3) is 0.550. The van der Waals surface area contributed by atoms with Crippen molar-refractivity contribution in [2.75, 3.05) is 6.61 Å². The van der Waals surface area contributed by atoms with Gasteiger partial charge in [0.1, 0.15) is 0 Å². The van der Waals surface area contributed by atoms with Gasteiger partial charge < -0.3 is 15.3 Å². The second kappa shape index (κ2) is 12.1. The van der Waals surface area contributed by atoms with Crippen molar-refractivity contribution in [1.29, 1.82) is 0 Å². The van der Waals surface area contributed by atoms with Crippen LogP contribution in [0.3, 0.4) is 0 Å². The number of benzene rings is 1. The molecular formula is C20H30O4S. The zero-order chi connectivity index (χ0) is 18.7. The first-order valence-electron chi connectivity index (χ1n) is 8.89. The number of rotatable bonds is 12. The number of aliphatic carboxylic acids is 1. The highest BCUT2D eigenvalue weighted by atomic mass is 32.2. The number of aliphatic hydroxyl groups excluding tert-OH is 2. The Morgan fingerprint density at radius 1 is 1.16 bits per heavy atom. The molecule has 0 fully saturated rings. The zero-order valence-electron chi connectivity index (χ0n) is 15.1. The summed E-state index contributed by atoms with van der Waals surface area (Å²) in [5.41, 5.74) is 0. The fourth-order valence-electron chi connectivity index (χ4n) is 2.65. The summed E-state index contributed by atoms with van der Waals surface area (Å²) >= 11 is 1.27. The lowest BCUT2D eigenvalue weighted by atomic mass is 9.87. The van der Waals surface area contributed by atoms with Crippen molar-refractivity contribution < 1.29 is 20.1 Å². The molecule has 0 radical (unpaired) electrons. The normalized spacial score (nSPS) is 14.5. The largest absolute Gasteiger partial charge is 0.477 e. The van der Waals surface area contributed by atoms with Crippen LogP contribution >= 0.6 is 11.8 Å². The van der Waals surface area contributed by atoms with Crippen LogP contribution in [0.15, 0.2) is 46.2 Å². The number of hydrogen-bond acceptors (Lipinski definition) is 4. The minimum Gasteiger partial charge on any atom is -0.477 e. The quantitative estimate of drug-likeness (QED) is 0.379. The molecule has 0 aromatic heterocycles. The molecule has 0 saturated carbocycles. The number of carbonyl (C=O) groups is 1. The molecule has 4 nitrogen and oxygen atoms in total. The van der Waals surface area contributed by atoms with Crippen molar-refractivity contribution in [3.63, 3.8) is 0 Å². The van der Waals surface area contributed by atoms with Gasteiger partial charge in [0.2, 0.25) is 0 Å². The van der Waals surface area contributed by atoms with Crippen molar-refractivity contribution in [3.05, 3.63) is 41.3 Å². The van der Waals surface area contributed by atoms with E-state index < -0.39 is 12.1 Å². The van der Waals surface area contributed by atoms with Gasteiger partial charge in [0, 0.05) is 11.5 Å². The molecule has 0 aliphatic heterocycles. The Bertz CT molecular complexity index is 528. The Morgan fingerprint density at radius 3 is 2.40 bits per heavy atom. The molecule has 0 spiro atoms. The molecule has 25 heavy (non-hydrogen) atoms. The Balaban J connectivity index is 2.64. The van der Waals surface area contributed by atoms with Crippen molar-refractivity contribution in [1.82, 2.24) is 0 Å². The smallest absolute Gasteiger partial charge is 0.342 e. The SMILES string of the molecule is CC(C)C(CC=C(Sc1ccccc1)C(=O)O)CCC(O)CCCO. The van der Waals surface area contributed by atoms with Crippen molar-refractivity contribution in [2.45, 2.75) is 57.0 Å². The van der Waals surface area contributed by atoms with Crippen LogP contribution in [0.1, 0.15) is 46.0 Å². The summed E-state index contributed by atoms with van der Waals surface area (Å²) in [5.74, 6) is -0.160. The Labute approximate surface area is 155 Å². The van der Waals surface area contributed by atoms with Crippen LogP contribution in [0.25, 0.3) is 0 Å². The number of aliphatic hydroxyl groups is 2. The minimum absolute atomic E-state index is 0.103. The monoisotopic (exact) mass is 366 g/mol. The van der Waals surface area contributed by atoms with Gasteiger partial charge in [-0.05, 0) is 56.1 Å². The maximum atomic E-state index is 11.5. The lowest BCUT2D eigenvalue weighted by Crippen LogP contribution is -2.14. The molecule has 140 valence electrons. The van der Waals surface area contributed by atoms with Gasteiger partial charge in [0.15, 0.2) is 0 Å². The van der Waals surface area contributed by atoms with Crippen LogP contribution in [0.2, 0.25) is 0 Å². The van der Waals surface area contributed by atoms with Crippen LogP contribution in [0.4, 0.5) is 0 Å². The van der Waals surface area contributed by atoms with Gasteiger partial charge >= 0.3 is 5.97 Å². The molecule has 5 heteroatoms. The maximum absolute atomic E-state index is 11.5. The lowest BCUT2D eigenvalue weighted by Gasteiger charge is -2.21. The summed E-state index contributed by atoms with van der Waals surface area (Å²) in [6, 6.07) is 9.50. The third kappa shape index (κ3) is 9.10. The van der Waals surface area contributed by atoms with Crippen molar-refractivity contribution in [3.8, 4) is 0 Å². The molecule has 0 saturated heterocycles. The van der Waals surface area contributed by atoms with Crippen LogP contribution < -0.4 is 0 Å². The second-order valence-electron chi connectivity index (χ2n) is 6.63. The molecule has 2 atom stereocenters. The van der Waals surface area contributed by atoms with Gasteiger partial charge in [0.25, 0.3) is 0 Å². The summed E-state index contributed by atoms with van der Waals surface area (Å²) < 4.78 is 0. The van der Waals surface area contributed by atoms with E-state index in [1.165, 1.54) is 11.8 Å². The predicted molar refractivity (Wildman–Crippen MR) is 103 cm³/mol. The van der Waals surface area contributed by atoms with E-state index in [2.05, 4.69) is 13.8 Å². The molecule has 0 heterocycles. The molecule has 1 aromatic carbocycles. The molecule has 1 aromatic rings. The molecule has 0 bridgehead atoms. The summed E-state index contributed by atoms with van der Waals surface area (Å²) in [7, 11) is 0. The average molecular weight is 367 g/mol. The highest BCUT2D eigenvalue weighted by molar-refractivity contribution is 8.04. The van der Waals surface area contributed by atoms with E-state index in [1.54, 1.807) is 0 Å². The predicted octanol–water partition coefficient (Wildman–Crippen LogP) is 4.32. The molecule has 0 aliphatic carbocycles. The highest BCUT2D eigenvalue weighted by Crippen LogP contribution is 2.30. The lowest BCUT2D eigenvalue weighted by molar-refractivity contribution is -0.131. The van der Waals surface area contributed by atoms with Crippen LogP contribution in [-0.2, 0) is 4.79 Å². The van der Waals surface area contributed by atoms with Crippen molar-refractivity contribution in [2.24, 2.45) is 11.8 Å². The standard InChI is InChI=1S/C20H30O4S/c1-15(2)16(10-12-17(22)7-6-14-21)11-13-19(20(23)24)25-18-8-4-3-5-9-18/h3-5,8-9,13,15-17,21-22H,6-7,10-12,14H2,1-2H3,(H,23,24). The molecule has 0 aliphatic rings. The topological polar surface area (TPSA) is 77.8 Å². The van der Waals surface area contributed by atoms with Crippen LogP contribution in [0, 0.1) is 11.8 Å². The van der Waals surface area contributed by atoms with E-state index in [9.17, 15) is 15.0 Å². The van der Waals surface area contributed by atoms with Gasteiger partial charge in [-0.25, -0.2) is 4.79 Å². The number of thioether (sulfide) groups is 1. The third-order valence-electron chi connectivity index (χ3n) is 4.30. The van der Waals surface area contributed by atoms with Crippen molar-refractivity contribution >= 4 is 17.7 Å². The maximum Gasteiger partial charge on any atom is 0.342 e. The molecule has 2 unspecified atom stereocenters. The van der Waals surface area contributed by atoms with E-state index in [1.807, 2.05) is 36.4 Å². The average Bonchev–Trinajstić information content (AvgIpc) is 2.59. The molecule has 3 N–H and O–H groups in total. The number of hydrogen-bond donors (Lipinski definition) is 3. The number of allylic oxidation sites excluding steroid dienone is 1. The first kappa shape index (κ1) is 21.7. The first-order valence-corrected chi connectivity index (χ1v) is 9.71. The van der Waals surface area contributed by atoms with Gasteiger partial charge in [-0.1, -0.05) is 49.9 Å². The van der Waals surface area contributed by atoms with E-state index in [4.69, 9.17) is 5.11 Å². The summed E-state index contributed by atoms with van der Waals surface area (Å²) in [4.78, 5) is 12.8. The van der Waals surface area contributed by atoms with Gasteiger partial charge in [-0.3, -0.25) is 0 Å². The van der Waals surface area contributed by atoms with E-state index >= 15 is 0 Å².